The van der Waals surface area contributed by atoms with Crippen LogP contribution < -0.4 is 5.32 Å². The molecule has 0 spiro atoms. The number of hydrogen-bond acceptors (Lipinski definition) is 5. The summed E-state index contributed by atoms with van der Waals surface area (Å²) < 4.78 is 63.5. The number of rotatable bonds is 6. The van der Waals surface area contributed by atoms with E-state index in [2.05, 4.69) is 5.32 Å². The molecule has 4 rings (SSSR count). The average molecular weight is 526 g/mol. The zero-order chi connectivity index (χ0) is 26.7. The summed E-state index contributed by atoms with van der Waals surface area (Å²) in [6.07, 6.45) is -11.2. The summed E-state index contributed by atoms with van der Waals surface area (Å²) in [5.74, 6) is -0.913. The van der Waals surface area contributed by atoms with Gasteiger partial charge in [0, 0.05) is 13.0 Å². The van der Waals surface area contributed by atoms with Gasteiger partial charge in [-0.05, 0) is 35.2 Å². The first-order chi connectivity index (χ1) is 17.6. The first kappa shape index (κ1) is 26.8. The number of halogens is 4. The molecule has 2 aliphatic heterocycles. The largest absolute Gasteiger partial charge is 0.465 e. The van der Waals surface area contributed by atoms with Gasteiger partial charge in [-0.25, -0.2) is 9.18 Å². The monoisotopic (exact) mass is 526 g/mol. The van der Waals surface area contributed by atoms with Crippen molar-refractivity contribution >= 4 is 12.0 Å². The van der Waals surface area contributed by atoms with Gasteiger partial charge in [0.05, 0.1) is 25.3 Å². The van der Waals surface area contributed by atoms with Crippen LogP contribution in [0.15, 0.2) is 48.5 Å². The second-order valence-corrected chi connectivity index (χ2v) is 8.94. The van der Waals surface area contributed by atoms with Crippen LogP contribution in [-0.4, -0.2) is 77.4 Å². The number of alkyl halides is 3. The third-order valence-corrected chi connectivity index (χ3v) is 6.58. The lowest BCUT2D eigenvalue weighted by atomic mass is 9.87. The fourth-order valence-corrected chi connectivity index (χ4v) is 4.82. The molecule has 2 amide bonds. The summed E-state index contributed by atoms with van der Waals surface area (Å²) in [6.45, 7) is -1.55. The van der Waals surface area contributed by atoms with Crippen molar-refractivity contribution in [2.24, 2.45) is 0 Å². The van der Waals surface area contributed by atoms with Gasteiger partial charge < -0.3 is 29.9 Å². The van der Waals surface area contributed by atoms with E-state index in [0.29, 0.717) is 18.5 Å². The highest BCUT2D eigenvalue weighted by atomic mass is 19.4. The minimum atomic E-state index is -4.88. The van der Waals surface area contributed by atoms with Crippen LogP contribution in [0.2, 0.25) is 0 Å². The summed E-state index contributed by atoms with van der Waals surface area (Å²) in [5, 5.41) is 20.4. The fourth-order valence-electron chi connectivity index (χ4n) is 4.82. The molecule has 0 unspecified atom stereocenters. The maximum absolute atomic E-state index is 13.7. The van der Waals surface area contributed by atoms with Gasteiger partial charge in [-0.2, -0.15) is 13.2 Å². The third kappa shape index (κ3) is 6.03. The quantitative estimate of drug-likeness (QED) is 0.500. The number of aliphatic hydroxyl groups is 1. The van der Waals surface area contributed by atoms with Crippen molar-refractivity contribution in [2.45, 2.75) is 49.4 Å². The number of carboxylic acid groups (broad SMARTS) is 1. The van der Waals surface area contributed by atoms with Crippen molar-refractivity contribution in [1.29, 1.82) is 0 Å². The Bertz CT molecular complexity index is 1110. The molecule has 2 aromatic rings. The zero-order valence-electron chi connectivity index (χ0n) is 19.5. The number of ether oxygens (including phenoxy) is 2. The maximum Gasteiger partial charge on any atom is 0.416 e. The van der Waals surface area contributed by atoms with Crippen LogP contribution in [0.25, 0.3) is 0 Å². The topological polar surface area (TPSA) is 108 Å². The lowest BCUT2D eigenvalue weighted by Gasteiger charge is -2.42. The molecule has 0 aliphatic carbocycles. The average Bonchev–Trinajstić information content (AvgIpc) is 2.86. The van der Waals surface area contributed by atoms with E-state index in [-0.39, 0.29) is 6.42 Å². The number of nitrogens with one attached hydrogen (secondary N) is 1. The van der Waals surface area contributed by atoms with Gasteiger partial charge in [0.25, 0.3) is 5.91 Å². The molecule has 0 aromatic heterocycles. The highest BCUT2D eigenvalue weighted by molar-refractivity contribution is 5.82. The van der Waals surface area contributed by atoms with E-state index in [1.165, 1.54) is 12.1 Å². The molecule has 3 N–H and O–H groups in total. The van der Waals surface area contributed by atoms with Gasteiger partial charge in [0.1, 0.15) is 18.0 Å². The number of hydrogen-bond donors (Lipinski definition) is 3. The molecule has 5 atom stereocenters. The Balaban J connectivity index is 1.58. The summed E-state index contributed by atoms with van der Waals surface area (Å²) in [5.41, 5.74) is 2.53. The summed E-state index contributed by atoms with van der Waals surface area (Å²) in [6, 6.07) is 11.5. The molecule has 1 saturated heterocycles. The maximum atomic E-state index is 13.7. The van der Waals surface area contributed by atoms with E-state index < -0.39 is 67.6 Å². The number of carbonyl (C=O) groups excluding carboxylic acids is 1. The Kier molecular flexibility index (Phi) is 8.00. The Morgan fingerprint density at radius 1 is 1.16 bits per heavy atom. The van der Waals surface area contributed by atoms with Gasteiger partial charge in [0.15, 0.2) is 6.10 Å². The molecular formula is C25H26F4N2O6. The molecule has 1 fully saturated rings. The normalized spacial score (nSPS) is 24.7. The summed E-state index contributed by atoms with van der Waals surface area (Å²) in [7, 11) is 0. The summed E-state index contributed by atoms with van der Waals surface area (Å²) >= 11 is 0. The summed E-state index contributed by atoms with van der Waals surface area (Å²) in [4.78, 5) is 26.6. The second-order valence-electron chi connectivity index (χ2n) is 8.94. The fraction of sp³-hybridized carbons (Fsp3) is 0.440. The van der Waals surface area contributed by atoms with Gasteiger partial charge in [0.2, 0.25) is 0 Å². The van der Waals surface area contributed by atoms with Crippen LogP contribution in [0, 0.1) is 5.82 Å². The molecule has 8 nitrogen and oxygen atoms in total. The number of benzene rings is 2. The van der Waals surface area contributed by atoms with Crippen molar-refractivity contribution in [2.75, 3.05) is 19.8 Å². The molecule has 0 saturated carbocycles. The minimum absolute atomic E-state index is 0.278. The first-order valence-corrected chi connectivity index (χ1v) is 11.7. The van der Waals surface area contributed by atoms with E-state index in [1.807, 2.05) is 24.3 Å². The van der Waals surface area contributed by atoms with Crippen molar-refractivity contribution in [3.8, 4) is 0 Å². The Morgan fingerprint density at radius 2 is 1.86 bits per heavy atom. The Morgan fingerprint density at radius 3 is 2.51 bits per heavy atom. The zero-order valence-corrected chi connectivity index (χ0v) is 19.5. The van der Waals surface area contributed by atoms with E-state index in [1.54, 1.807) is 17.0 Å². The number of amides is 2. The molecule has 2 aliphatic rings. The number of carbonyl (C=O) groups is 2. The molecule has 2 heterocycles. The van der Waals surface area contributed by atoms with E-state index in [0.717, 1.165) is 11.1 Å². The molecular weight excluding hydrogens is 500 g/mol. The van der Waals surface area contributed by atoms with Crippen LogP contribution >= 0.6 is 0 Å². The highest BCUT2D eigenvalue weighted by Gasteiger charge is 2.46. The van der Waals surface area contributed by atoms with Crippen LogP contribution in [-0.2, 0) is 20.7 Å². The number of nitrogens with zero attached hydrogens (tertiary/aromatic N) is 1. The lowest BCUT2D eigenvalue weighted by Crippen LogP contribution is -2.58. The van der Waals surface area contributed by atoms with Crippen molar-refractivity contribution in [3.63, 3.8) is 0 Å². The molecule has 37 heavy (non-hydrogen) atoms. The predicted octanol–water partition coefficient (Wildman–Crippen LogP) is 3.03. The van der Waals surface area contributed by atoms with Gasteiger partial charge in [-0.1, -0.05) is 36.4 Å². The van der Waals surface area contributed by atoms with Crippen LogP contribution in [0.1, 0.15) is 29.2 Å². The standard InChI is InChI=1S/C25H26F4N2O6/c26-16-7-5-15(6-8-16)22-17-4-2-1-3-14(17)9-10-31(22)23(33)19-11-18(30-24(34)35)20(13-36-19)37-21(12-32)25(27,28)29/h1-8,18-22,30,32H,9-13H2,(H,34,35)/t18-,19+,20-,21+,22-/m0/s1. The molecule has 200 valence electrons. The number of aliphatic hydroxyl groups excluding tert-OH is 1. The third-order valence-electron chi connectivity index (χ3n) is 6.58. The Labute approximate surface area is 209 Å². The Hall–Kier alpha value is -3.22. The van der Waals surface area contributed by atoms with Gasteiger partial charge in [-0.15, -0.1) is 0 Å². The van der Waals surface area contributed by atoms with Crippen LogP contribution in [0.4, 0.5) is 22.4 Å². The lowest BCUT2D eigenvalue weighted by molar-refractivity contribution is -0.255. The minimum Gasteiger partial charge on any atom is -0.465 e. The molecule has 12 heteroatoms. The molecule has 2 aromatic carbocycles. The predicted molar refractivity (Wildman–Crippen MR) is 121 cm³/mol. The smallest absolute Gasteiger partial charge is 0.416 e. The van der Waals surface area contributed by atoms with Gasteiger partial charge in [-0.3, -0.25) is 4.79 Å². The highest BCUT2D eigenvalue weighted by Crippen LogP contribution is 2.37. The van der Waals surface area contributed by atoms with Crippen LogP contribution in [0.3, 0.4) is 0 Å². The van der Waals surface area contributed by atoms with Crippen molar-refractivity contribution in [1.82, 2.24) is 10.2 Å². The van der Waals surface area contributed by atoms with Gasteiger partial charge >= 0.3 is 12.3 Å². The molecule has 0 radical (unpaired) electrons. The van der Waals surface area contributed by atoms with Crippen LogP contribution in [0.5, 0.6) is 0 Å². The first-order valence-electron chi connectivity index (χ1n) is 11.7. The SMILES string of the molecule is O=C(O)N[C@H]1C[C@H](C(=O)N2CCc3ccccc3[C@@H]2c2ccc(F)cc2)OC[C@@H]1O[C@H](CO)C(F)(F)F. The van der Waals surface area contributed by atoms with E-state index in [9.17, 15) is 32.3 Å². The van der Waals surface area contributed by atoms with Crippen molar-refractivity contribution < 1.29 is 46.8 Å². The molecule has 0 bridgehead atoms. The van der Waals surface area contributed by atoms with Crippen molar-refractivity contribution in [3.05, 3.63) is 71.0 Å². The van der Waals surface area contributed by atoms with E-state index >= 15 is 0 Å². The van der Waals surface area contributed by atoms with E-state index in [4.69, 9.17) is 14.6 Å². The second kappa shape index (κ2) is 11.0. The number of fused-ring (bicyclic) bond motifs is 1.